The number of nitrogens with one attached hydrogen (secondary N) is 2. The van der Waals surface area contributed by atoms with E-state index in [1.807, 2.05) is 18.2 Å². The van der Waals surface area contributed by atoms with Crippen LogP contribution in [0.1, 0.15) is 49.5 Å². The number of likely N-dealkylation sites (tertiary alicyclic amines) is 1. The van der Waals surface area contributed by atoms with Gasteiger partial charge in [-0.15, -0.1) is 11.3 Å². The summed E-state index contributed by atoms with van der Waals surface area (Å²) in [5, 5.41) is 6.54. The van der Waals surface area contributed by atoms with Gasteiger partial charge in [-0.2, -0.15) is 0 Å². The SMILES string of the molecule is O=C(CN1CCC[C@@H](c2nc3ccccc3s2)C1)NC(=O)NC1CCCC1. The van der Waals surface area contributed by atoms with Crippen LogP contribution >= 0.6 is 11.3 Å². The number of carbonyl (C=O) groups excluding carboxylic acids is 2. The number of fused-ring (bicyclic) bond motifs is 1. The number of amides is 3. The Labute approximate surface area is 163 Å². The van der Waals surface area contributed by atoms with E-state index in [9.17, 15) is 9.59 Å². The lowest BCUT2D eigenvalue weighted by Gasteiger charge is -2.31. The second-order valence-corrected chi connectivity index (χ2v) is 8.66. The first-order chi connectivity index (χ1) is 13.2. The van der Waals surface area contributed by atoms with Crippen molar-refractivity contribution >= 4 is 33.5 Å². The molecule has 0 unspecified atom stereocenters. The lowest BCUT2D eigenvalue weighted by atomic mass is 9.99. The Bertz CT molecular complexity index is 782. The zero-order valence-electron chi connectivity index (χ0n) is 15.4. The first kappa shape index (κ1) is 18.4. The molecular formula is C20H26N4O2S. The highest BCUT2D eigenvalue weighted by Gasteiger charge is 2.26. The Kier molecular flexibility index (Phi) is 5.69. The fourth-order valence-electron chi connectivity index (χ4n) is 4.13. The van der Waals surface area contributed by atoms with Crippen molar-refractivity contribution in [2.45, 2.75) is 50.5 Å². The number of piperidine rings is 1. The number of imide groups is 1. The summed E-state index contributed by atoms with van der Waals surface area (Å²) in [5.41, 5.74) is 1.05. The highest BCUT2D eigenvalue weighted by molar-refractivity contribution is 7.18. The maximum atomic E-state index is 12.3. The molecule has 1 aliphatic heterocycles. The first-order valence-electron chi connectivity index (χ1n) is 9.85. The largest absolute Gasteiger partial charge is 0.335 e. The fourth-order valence-corrected chi connectivity index (χ4v) is 5.22. The van der Waals surface area contributed by atoms with E-state index in [0.717, 1.165) is 62.1 Å². The predicted molar refractivity (Wildman–Crippen MR) is 107 cm³/mol. The maximum Gasteiger partial charge on any atom is 0.321 e. The molecule has 2 N–H and O–H groups in total. The summed E-state index contributed by atoms with van der Waals surface area (Å²) >= 11 is 1.75. The van der Waals surface area contributed by atoms with E-state index in [1.165, 1.54) is 4.70 Å². The third-order valence-electron chi connectivity index (χ3n) is 5.48. The van der Waals surface area contributed by atoms with Gasteiger partial charge in [-0.25, -0.2) is 9.78 Å². The van der Waals surface area contributed by atoms with Crippen LogP contribution in [-0.2, 0) is 4.79 Å². The molecule has 1 saturated heterocycles. The van der Waals surface area contributed by atoms with Crippen LogP contribution in [-0.4, -0.2) is 47.5 Å². The highest BCUT2D eigenvalue weighted by Crippen LogP contribution is 2.32. The Hall–Kier alpha value is -1.99. The van der Waals surface area contributed by atoms with Gasteiger partial charge in [0.2, 0.25) is 5.91 Å². The van der Waals surface area contributed by atoms with Gasteiger partial charge in [-0.05, 0) is 44.4 Å². The highest BCUT2D eigenvalue weighted by atomic mass is 32.1. The standard InChI is InChI=1S/C20H26N4O2S/c25-18(23-20(26)21-15-7-1-2-8-15)13-24-11-5-6-14(12-24)19-22-16-9-3-4-10-17(16)27-19/h3-4,9-10,14-15H,1-2,5-8,11-13H2,(H2,21,23,25,26)/t14-/m1/s1. The number of aromatic nitrogens is 1. The molecule has 0 bridgehead atoms. The van der Waals surface area contributed by atoms with Gasteiger partial charge in [-0.1, -0.05) is 25.0 Å². The molecule has 3 amide bonds. The molecule has 27 heavy (non-hydrogen) atoms. The molecule has 0 spiro atoms. The lowest BCUT2D eigenvalue weighted by Crippen LogP contribution is -2.48. The van der Waals surface area contributed by atoms with E-state index in [0.29, 0.717) is 5.92 Å². The molecule has 4 rings (SSSR count). The van der Waals surface area contributed by atoms with Crippen LogP contribution in [0.5, 0.6) is 0 Å². The second kappa shape index (κ2) is 8.35. The summed E-state index contributed by atoms with van der Waals surface area (Å²) in [6, 6.07) is 8.07. The van der Waals surface area contributed by atoms with Gasteiger partial charge in [0.1, 0.15) is 0 Å². The van der Waals surface area contributed by atoms with Crippen LogP contribution < -0.4 is 10.6 Å². The lowest BCUT2D eigenvalue weighted by molar-refractivity contribution is -0.121. The molecule has 144 valence electrons. The molecule has 2 fully saturated rings. The van der Waals surface area contributed by atoms with E-state index in [-0.39, 0.29) is 24.5 Å². The topological polar surface area (TPSA) is 74.3 Å². The van der Waals surface area contributed by atoms with E-state index in [1.54, 1.807) is 11.3 Å². The summed E-state index contributed by atoms with van der Waals surface area (Å²) in [5.74, 6) is 0.131. The minimum absolute atomic E-state index is 0.219. The smallest absolute Gasteiger partial charge is 0.321 e. The van der Waals surface area contributed by atoms with E-state index >= 15 is 0 Å². The molecule has 2 aliphatic rings. The molecule has 1 aliphatic carbocycles. The Morgan fingerprint density at radius 2 is 1.96 bits per heavy atom. The van der Waals surface area contributed by atoms with Crippen molar-refractivity contribution in [3.8, 4) is 0 Å². The zero-order chi connectivity index (χ0) is 18.6. The van der Waals surface area contributed by atoms with E-state index < -0.39 is 0 Å². The van der Waals surface area contributed by atoms with Crippen LogP contribution in [0.4, 0.5) is 4.79 Å². The summed E-state index contributed by atoms with van der Waals surface area (Å²) in [4.78, 5) is 31.1. The van der Waals surface area contributed by atoms with Gasteiger partial charge in [0, 0.05) is 18.5 Å². The molecule has 1 saturated carbocycles. The second-order valence-electron chi connectivity index (χ2n) is 7.60. The quantitative estimate of drug-likeness (QED) is 0.846. The van der Waals surface area contributed by atoms with Crippen LogP contribution in [0.3, 0.4) is 0 Å². The van der Waals surface area contributed by atoms with Crippen LogP contribution in [0.2, 0.25) is 0 Å². The monoisotopic (exact) mass is 386 g/mol. The Balaban J connectivity index is 1.30. The fraction of sp³-hybridized carbons (Fsp3) is 0.550. The van der Waals surface area contributed by atoms with E-state index in [4.69, 9.17) is 4.98 Å². The molecule has 0 radical (unpaired) electrons. The minimum atomic E-state index is -0.355. The molecular weight excluding hydrogens is 360 g/mol. The van der Waals surface area contributed by atoms with Gasteiger partial charge in [0.15, 0.2) is 0 Å². The van der Waals surface area contributed by atoms with Crippen molar-refractivity contribution < 1.29 is 9.59 Å². The van der Waals surface area contributed by atoms with Gasteiger partial charge in [0.25, 0.3) is 0 Å². The molecule has 2 aromatic rings. The number of hydrogen-bond acceptors (Lipinski definition) is 5. The number of para-hydroxylation sites is 1. The third-order valence-corrected chi connectivity index (χ3v) is 6.67. The van der Waals surface area contributed by atoms with Crippen molar-refractivity contribution in [2.24, 2.45) is 0 Å². The van der Waals surface area contributed by atoms with E-state index in [2.05, 4.69) is 21.6 Å². The van der Waals surface area contributed by atoms with Crippen molar-refractivity contribution in [3.05, 3.63) is 29.3 Å². The number of hydrogen-bond donors (Lipinski definition) is 2. The Morgan fingerprint density at radius 1 is 1.15 bits per heavy atom. The maximum absolute atomic E-state index is 12.3. The third kappa shape index (κ3) is 4.65. The number of urea groups is 1. The van der Waals surface area contributed by atoms with Crippen LogP contribution in [0.15, 0.2) is 24.3 Å². The zero-order valence-corrected chi connectivity index (χ0v) is 16.3. The molecule has 1 aromatic heterocycles. The number of rotatable bonds is 4. The number of benzene rings is 1. The van der Waals surface area contributed by atoms with Gasteiger partial charge in [-0.3, -0.25) is 15.0 Å². The van der Waals surface area contributed by atoms with Gasteiger partial charge in [0.05, 0.1) is 21.8 Å². The molecule has 1 aromatic carbocycles. The first-order valence-corrected chi connectivity index (χ1v) is 10.7. The summed E-state index contributed by atoms with van der Waals surface area (Å²) < 4.78 is 1.21. The molecule has 2 heterocycles. The van der Waals surface area contributed by atoms with Crippen LogP contribution in [0.25, 0.3) is 10.2 Å². The average Bonchev–Trinajstić information content (AvgIpc) is 3.30. The van der Waals surface area contributed by atoms with Crippen molar-refractivity contribution in [3.63, 3.8) is 0 Å². The summed E-state index contributed by atoms with van der Waals surface area (Å²) in [7, 11) is 0. The Morgan fingerprint density at radius 3 is 2.78 bits per heavy atom. The van der Waals surface area contributed by atoms with Crippen LogP contribution in [0, 0.1) is 0 Å². The van der Waals surface area contributed by atoms with Gasteiger partial charge < -0.3 is 5.32 Å². The summed E-state index contributed by atoms with van der Waals surface area (Å²) in [6.07, 6.45) is 6.47. The average molecular weight is 387 g/mol. The predicted octanol–water partition coefficient (Wildman–Crippen LogP) is 3.24. The molecule has 6 nitrogen and oxygen atoms in total. The minimum Gasteiger partial charge on any atom is -0.335 e. The number of nitrogens with zero attached hydrogens (tertiary/aromatic N) is 2. The van der Waals surface area contributed by atoms with Gasteiger partial charge >= 0.3 is 6.03 Å². The molecule has 1 atom stereocenters. The number of carbonyl (C=O) groups is 2. The van der Waals surface area contributed by atoms with Crippen molar-refractivity contribution in [1.82, 2.24) is 20.5 Å². The molecule has 7 heteroatoms. The van der Waals surface area contributed by atoms with Crippen molar-refractivity contribution in [2.75, 3.05) is 19.6 Å². The normalized spacial score (nSPS) is 21.4. The van der Waals surface area contributed by atoms with Crippen molar-refractivity contribution in [1.29, 1.82) is 0 Å². The number of thiazole rings is 1. The summed E-state index contributed by atoms with van der Waals surface area (Å²) in [6.45, 7) is 1.97.